The summed E-state index contributed by atoms with van der Waals surface area (Å²) in [5.74, 6) is -0.583. The highest BCUT2D eigenvalue weighted by Gasteiger charge is 2.35. The van der Waals surface area contributed by atoms with Crippen LogP contribution in [0.2, 0.25) is 0 Å². The second kappa shape index (κ2) is 8.33. The summed E-state index contributed by atoms with van der Waals surface area (Å²) in [5, 5.41) is 14.3. The summed E-state index contributed by atoms with van der Waals surface area (Å²) in [6.45, 7) is 9.31. The van der Waals surface area contributed by atoms with Crippen LogP contribution in [0.5, 0.6) is 0 Å². The first kappa shape index (κ1) is 19.2. The van der Waals surface area contributed by atoms with E-state index in [1.807, 2.05) is 32.9 Å². The third kappa shape index (κ3) is 5.74. The van der Waals surface area contributed by atoms with E-state index in [0.29, 0.717) is 18.7 Å². The predicted octanol–water partition coefficient (Wildman–Crippen LogP) is 3.22. The van der Waals surface area contributed by atoms with Crippen molar-refractivity contribution in [3.05, 3.63) is 47.0 Å². The zero-order valence-electron chi connectivity index (χ0n) is 14.6. The lowest BCUT2D eigenvalue weighted by molar-refractivity contribution is -0.160. The molecule has 2 unspecified atom stereocenters. The van der Waals surface area contributed by atoms with Crippen molar-refractivity contribution in [2.24, 2.45) is 5.92 Å². The largest absolute Gasteiger partial charge is 0.460 e. The number of tetrazole rings is 1. The van der Waals surface area contributed by atoms with E-state index in [1.165, 1.54) is 0 Å². The Hall–Kier alpha value is -2.09. The second-order valence-corrected chi connectivity index (χ2v) is 7.55. The molecular formula is C17H22BrN5O2. The van der Waals surface area contributed by atoms with Crippen molar-refractivity contribution in [2.45, 2.75) is 45.1 Å². The van der Waals surface area contributed by atoms with Crippen LogP contribution in [0.25, 0.3) is 0 Å². The van der Waals surface area contributed by atoms with Gasteiger partial charge in [0.25, 0.3) is 0 Å². The highest BCUT2D eigenvalue weighted by Crippen LogP contribution is 2.31. The van der Waals surface area contributed by atoms with E-state index in [4.69, 9.17) is 4.74 Å². The Kier molecular flexibility index (Phi) is 6.41. The normalized spacial score (nSPS) is 13.9. The van der Waals surface area contributed by atoms with Crippen molar-refractivity contribution >= 4 is 21.9 Å². The summed E-state index contributed by atoms with van der Waals surface area (Å²) in [6, 6.07) is 3.81. The fourth-order valence-electron chi connectivity index (χ4n) is 2.50. The van der Waals surface area contributed by atoms with Gasteiger partial charge >= 0.3 is 5.97 Å². The number of nitrogens with one attached hydrogen (secondary N) is 1. The smallest absolute Gasteiger partial charge is 0.310 e. The first-order valence-corrected chi connectivity index (χ1v) is 8.77. The van der Waals surface area contributed by atoms with E-state index >= 15 is 0 Å². The minimum absolute atomic E-state index is 0.297. The molecule has 134 valence electrons. The van der Waals surface area contributed by atoms with Crippen LogP contribution in [0, 0.1) is 5.92 Å². The number of rotatable bonds is 7. The first-order chi connectivity index (χ1) is 11.8. The molecule has 2 rings (SSSR count). The molecule has 8 heteroatoms. The number of hydrogen-bond donors (Lipinski definition) is 1. The molecular weight excluding hydrogens is 386 g/mol. The number of esters is 1. The molecule has 0 aliphatic carbocycles. The molecule has 2 aromatic heterocycles. The van der Waals surface area contributed by atoms with Gasteiger partial charge in [-0.15, -0.1) is 16.8 Å². The van der Waals surface area contributed by atoms with E-state index in [2.05, 4.69) is 48.1 Å². The molecule has 2 atom stereocenters. The molecule has 0 fully saturated rings. The summed E-state index contributed by atoms with van der Waals surface area (Å²) in [5.41, 5.74) is 0.396. The Labute approximate surface area is 155 Å². The Morgan fingerprint density at radius 2 is 2.20 bits per heavy atom. The highest BCUT2D eigenvalue weighted by molar-refractivity contribution is 9.10. The van der Waals surface area contributed by atoms with Gasteiger partial charge in [-0.25, -0.2) is 4.98 Å². The van der Waals surface area contributed by atoms with Crippen molar-refractivity contribution in [1.82, 2.24) is 25.6 Å². The molecule has 0 saturated heterocycles. The zero-order chi connectivity index (χ0) is 18.4. The van der Waals surface area contributed by atoms with Crippen molar-refractivity contribution in [3.63, 3.8) is 0 Å². The van der Waals surface area contributed by atoms with Crippen LogP contribution >= 0.6 is 15.9 Å². The van der Waals surface area contributed by atoms with Gasteiger partial charge in [0.2, 0.25) is 0 Å². The standard InChI is InChI=1S/C17H22BrN5O2/c1-5-6-12(16(24)25-17(2,3)4)13(15-20-22-23-21-15)9-11-7-8-14(18)19-10-11/h5,7-8,10,12-13H,1,6,9H2,2-4H3,(H,20,21,22,23). The first-order valence-electron chi connectivity index (χ1n) is 7.97. The SMILES string of the molecule is C=CCC(C(=O)OC(C)(C)C)C(Cc1ccc(Br)nc1)c1nn[nH]n1. The predicted molar refractivity (Wildman–Crippen MR) is 96.7 cm³/mol. The molecule has 0 saturated carbocycles. The number of aromatic nitrogens is 5. The van der Waals surface area contributed by atoms with Crippen LogP contribution in [0.1, 0.15) is 44.5 Å². The van der Waals surface area contributed by atoms with Gasteiger partial charge in [-0.2, -0.15) is 5.21 Å². The van der Waals surface area contributed by atoms with E-state index in [-0.39, 0.29) is 11.9 Å². The number of ether oxygens (including phenoxy) is 1. The lowest BCUT2D eigenvalue weighted by Crippen LogP contribution is -2.32. The average Bonchev–Trinajstić information content (AvgIpc) is 3.05. The summed E-state index contributed by atoms with van der Waals surface area (Å²) in [7, 11) is 0. The number of halogens is 1. The fraction of sp³-hybridized carbons (Fsp3) is 0.471. The van der Waals surface area contributed by atoms with Gasteiger partial charge in [-0.05, 0) is 61.2 Å². The third-order valence-corrected chi connectivity index (χ3v) is 4.02. The molecule has 7 nitrogen and oxygen atoms in total. The molecule has 0 aliphatic heterocycles. The Morgan fingerprint density at radius 3 is 2.72 bits per heavy atom. The maximum absolute atomic E-state index is 12.8. The van der Waals surface area contributed by atoms with Gasteiger partial charge in [0.15, 0.2) is 5.82 Å². The van der Waals surface area contributed by atoms with Crippen LogP contribution in [0.15, 0.2) is 35.6 Å². The lowest BCUT2D eigenvalue weighted by atomic mass is 9.84. The van der Waals surface area contributed by atoms with Crippen LogP contribution in [0.4, 0.5) is 0 Å². The summed E-state index contributed by atoms with van der Waals surface area (Å²) in [6.07, 6.45) is 4.47. The summed E-state index contributed by atoms with van der Waals surface area (Å²) >= 11 is 3.32. The van der Waals surface area contributed by atoms with E-state index < -0.39 is 11.5 Å². The fourth-order valence-corrected chi connectivity index (χ4v) is 2.74. The zero-order valence-corrected chi connectivity index (χ0v) is 16.2. The van der Waals surface area contributed by atoms with Crippen LogP contribution in [-0.4, -0.2) is 37.2 Å². The number of hydrogen-bond acceptors (Lipinski definition) is 6. The van der Waals surface area contributed by atoms with Gasteiger partial charge in [-0.3, -0.25) is 4.79 Å². The number of nitrogens with zero attached hydrogens (tertiary/aromatic N) is 4. The molecule has 0 radical (unpaired) electrons. The van der Waals surface area contributed by atoms with E-state index in [0.717, 1.165) is 10.2 Å². The topological polar surface area (TPSA) is 93.6 Å². The molecule has 2 heterocycles. The van der Waals surface area contributed by atoms with Gasteiger partial charge in [0.05, 0.1) is 5.92 Å². The van der Waals surface area contributed by atoms with Crippen molar-refractivity contribution in [3.8, 4) is 0 Å². The van der Waals surface area contributed by atoms with Gasteiger partial charge in [0, 0.05) is 12.1 Å². The number of pyridine rings is 1. The minimum Gasteiger partial charge on any atom is -0.460 e. The molecule has 0 spiro atoms. The molecule has 0 amide bonds. The van der Waals surface area contributed by atoms with E-state index in [1.54, 1.807) is 12.3 Å². The lowest BCUT2D eigenvalue weighted by Gasteiger charge is -2.27. The minimum atomic E-state index is -0.572. The summed E-state index contributed by atoms with van der Waals surface area (Å²) in [4.78, 5) is 17.0. The quantitative estimate of drug-likeness (QED) is 0.430. The van der Waals surface area contributed by atoms with Crippen LogP contribution < -0.4 is 0 Å². The Balaban J connectivity index is 2.32. The van der Waals surface area contributed by atoms with Gasteiger partial charge in [0.1, 0.15) is 10.2 Å². The molecule has 1 N–H and O–H groups in total. The van der Waals surface area contributed by atoms with Crippen molar-refractivity contribution in [2.75, 3.05) is 0 Å². The summed E-state index contributed by atoms with van der Waals surface area (Å²) < 4.78 is 6.34. The van der Waals surface area contributed by atoms with Gasteiger partial charge in [-0.1, -0.05) is 17.4 Å². The third-order valence-electron chi connectivity index (χ3n) is 3.55. The Morgan fingerprint density at radius 1 is 1.44 bits per heavy atom. The second-order valence-electron chi connectivity index (χ2n) is 6.73. The average molecular weight is 408 g/mol. The molecule has 25 heavy (non-hydrogen) atoms. The number of allylic oxidation sites excluding steroid dienone is 1. The monoisotopic (exact) mass is 407 g/mol. The van der Waals surface area contributed by atoms with Crippen LogP contribution in [-0.2, 0) is 16.0 Å². The molecule has 0 bridgehead atoms. The maximum atomic E-state index is 12.8. The number of aromatic amines is 1. The maximum Gasteiger partial charge on any atom is 0.310 e. The van der Waals surface area contributed by atoms with Crippen molar-refractivity contribution < 1.29 is 9.53 Å². The van der Waals surface area contributed by atoms with Crippen molar-refractivity contribution in [1.29, 1.82) is 0 Å². The molecule has 0 aromatic carbocycles. The molecule has 2 aromatic rings. The number of H-pyrrole nitrogens is 1. The highest BCUT2D eigenvalue weighted by atomic mass is 79.9. The van der Waals surface area contributed by atoms with Crippen LogP contribution in [0.3, 0.4) is 0 Å². The van der Waals surface area contributed by atoms with Gasteiger partial charge < -0.3 is 4.74 Å². The number of carbonyl (C=O) groups is 1. The van der Waals surface area contributed by atoms with E-state index in [9.17, 15) is 4.79 Å². The Bertz CT molecular complexity index is 695. The molecule has 0 aliphatic rings. The number of carbonyl (C=O) groups excluding carboxylic acids is 1.